The fourth-order valence-corrected chi connectivity index (χ4v) is 2.79. The van der Waals surface area contributed by atoms with Crippen LogP contribution in [0.15, 0.2) is 0 Å². The molecule has 0 aliphatic heterocycles. The van der Waals surface area contributed by atoms with Crippen molar-refractivity contribution in [3.05, 3.63) is 0 Å². The van der Waals surface area contributed by atoms with Gasteiger partial charge >= 0.3 is 0 Å². The summed E-state index contributed by atoms with van der Waals surface area (Å²) in [5.41, 5.74) is 0. The molecule has 0 heterocycles. The van der Waals surface area contributed by atoms with Gasteiger partial charge in [-0.15, -0.1) is 0 Å². The van der Waals surface area contributed by atoms with E-state index in [0.717, 1.165) is 6.54 Å². The summed E-state index contributed by atoms with van der Waals surface area (Å²) >= 11 is 0. The Kier molecular flexibility index (Phi) is 6.05. The zero-order chi connectivity index (χ0) is 11.1. The molecule has 1 fully saturated rings. The molecule has 4 nitrogen and oxygen atoms in total. The van der Waals surface area contributed by atoms with E-state index >= 15 is 0 Å². The van der Waals surface area contributed by atoms with Crippen LogP contribution < -0.4 is 5.32 Å². The third-order valence-electron chi connectivity index (χ3n) is 2.76. The van der Waals surface area contributed by atoms with Gasteiger partial charge in [-0.2, -0.15) is 8.42 Å². The zero-order valence-corrected chi connectivity index (χ0v) is 10.9. The summed E-state index contributed by atoms with van der Waals surface area (Å²) in [7, 11) is -1.52. The van der Waals surface area contributed by atoms with E-state index < -0.39 is 10.1 Å². The van der Waals surface area contributed by atoms with E-state index in [-0.39, 0.29) is 5.75 Å². The molecule has 0 aromatic rings. The molecule has 0 bridgehead atoms. The Hall–Kier alpha value is 0.300. The second-order valence-electron chi connectivity index (χ2n) is 4.00. The Morgan fingerprint density at radius 1 is 1.27 bits per heavy atom. The van der Waals surface area contributed by atoms with Crippen molar-refractivity contribution in [2.45, 2.75) is 44.6 Å². The van der Waals surface area contributed by atoms with Gasteiger partial charge in [0.2, 0.25) is 0 Å². The molecule has 1 saturated carbocycles. The summed E-state index contributed by atoms with van der Waals surface area (Å²) in [5.74, 6) is 0.0935. The predicted octanol–water partition coefficient (Wildman–Crippen LogP) is 1.44. The summed E-state index contributed by atoms with van der Waals surface area (Å²) < 4.78 is 26.2. The predicted molar refractivity (Wildman–Crippen MR) is 64.1 cm³/mol. The van der Waals surface area contributed by atoms with Crippen LogP contribution in [-0.4, -0.2) is 26.8 Å². The van der Waals surface area contributed by atoms with E-state index in [1.165, 1.54) is 32.1 Å². The highest BCUT2D eigenvalue weighted by Gasteiger charge is 2.13. The van der Waals surface area contributed by atoms with Gasteiger partial charge in [-0.05, 0) is 25.8 Å². The first-order chi connectivity index (χ1) is 7.14. The highest BCUT2D eigenvalue weighted by molar-refractivity contribution is 7.88. The molecule has 6 heteroatoms. The van der Waals surface area contributed by atoms with Gasteiger partial charge in [-0.25, -0.2) is 0 Å². The molecule has 90 valence electrons. The molecule has 0 saturated heterocycles. The van der Waals surface area contributed by atoms with Crippen LogP contribution in [0.2, 0.25) is 0 Å². The van der Waals surface area contributed by atoms with Crippen molar-refractivity contribution in [1.29, 1.82) is 0 Å². The van der Waals surface area contributed by atoms with Crippen LogP contribution in [0.25, 0.3) is 0 Å². The molecule has 1 N–H and O–H groups in total. The lowest BCUT2D eigenvalue weighted by Gasteiger charge is -2.22. The Bertz CT molecular complexity index is 263. The molecule has 1 aliphatic rings. The molecule has 0 amide bonds. The Morgan fingerprint density at radius 2 is 1.93 bits per heavy atom. The lowest BCUT2D eigenvalue weighted by Crippen LogP contribution is -2.32. The Balaban J connectivity index is 2.06. The van der Waals surface area contributed by atoms with E-state index in [9.17, 15) is 8.42 Å². The van der Waals surface area contributed by atoms with Gasteiger partial charge in [0.1, 0.15) is 0 Å². The van der Waals surface area contributed by atoms with Crippen molar-refractivity contribution in [1.82, 2.24) is 5.32 Å². The smallest absolute Gasteiger partial charge is 0.269 e. The van der Waals surface area contributed by atoms with Crippen LogP contribution in [0.5, 0.6) is 0 Å². The van der Waals surface area contributed by atoms with Crippen LogP contribution in [0.3, 0.4) is 0 Å². The molecular weight excluding hydrogens is 233 g/mol. The molecule has 0 aromatic carbocycles. The van der Waals surface area contributed by atoms with Crippen molar-refractivity contribution in [3.8, 4) is 0 Å². The fourth-order valence-electron chi connectivity index (χ4n) is 1.91. The standard InChI is InChI=1S/C9H20NO3PS/c11-15(12,13-14)8-4-7-10-9-5-2-1-3-6-9/h9-10H,1-8,14H2. The summed E-state index contributed by atoms with van der Waals surface area (Å²) in [5, 5.41) is 3.39. The number of rotatable bonds is 6. The highest BCUT2D eigenvalue weighted by atomic mass is 32.2. The summed E-state index contributed by atoms with van der Waals surface area (Å²) in [4.78, 5) is 0. The summed E-state index contributed by atoms with van der Waals surface area (Å²) in [6.45, 7) is 0.762. The lowest BCUT2D eigenvalue weighted by atomic mass is 9.95. The zero-order valence-electron chi connectivity index (χ0n) is 8.94. The molecular formula is C9H20NO3PS. The van der Waals surface area contributed by atoms with Crippen molar-refractivity contribution in [2.75, 3.05) is 12.3 Å². The van der Waals surface area contributed by atoms with Gasteiger partial charge in [0.05, 0.1) is 5.75 Å². The van der Waals surface area contributed by atoms with Crippen molar-refractivity contribution in [3.63, 3.8) is 0 Å². The SMILES string of the molecule is O=S(=O)(CCCNC1CCCCC1)OP. The maximum absolute atomic E-state index is 11.0. The van der Waals surface area contributed by atoms with Crippen LogP contribution in [0.4, 0.5) is 0 Å². The first-order valence-corrected chi connectivity index (χ1v) is 7.53. The number of nitrogens with one attached hydrogen (secondary N) is 1. The van der Waals surface area contributed by atoms with E-state index in [1.54, 1.807) is 9.47 Å². The minimum Gasteiger partial charge on any atom is -0.314 e. The maximum Gasteiger partial charge on any atom is 0.269 e. The maximum atomic E-state index is 11.0. The van der Waals surface area contributed by atoms with Crippen LogP contribution in [-0.2, 0) is 14.1 Å². The van der Waals surface area contributed by atoms with Gasteiger partial charge in [0, 0.05) is 15.5 Å². The minimum atomic E-state index is -3.30. The van der Waals surface area contributed by atoms with E-state index in [4.69, 9.17) is 0 Å². The third kappa shape index (κ3) is 5.81. The van der Waals surface area contributed by atoms with E-state index in [1.807, 2.05) is 0 Å². The van der Waals surface area contributed by atoms with Gasteiger partial charge in [0.15, 0.2) is 0 Å². The first kappa shape index (κ1) is 13.4. The van der Waals surface area contributed by atoms with Gasteiger partial charge in [-0.1, -0.05) is 19.3 Å². The molecule has 1 aliphatic carbocycles. The molecule has 1 rings (SSSR count). The normalized spacial score (nSPS) is 19.3. The first-order valence-electron chi connectivity index (χ1n) is 5.48. The van der Waals surface area contributed by atoms with Crippen LogP contribution in [0.1, 0.15) is 38.5 Å². The largest absolute Gasteiger partial charge is 0.314 e. The molecule has 1 unspecified atom stereocenters. The quantitative estimate of drug-likeness (QED) is 0.575. The van der Waals surface area contributed by atoms with Crippen molar-refractivity contribution < 1.29 is 12.4 Å². The average molecular weight is 253 g/mol. The highest BCUT2D eigenvalue weighted by Crippen LogP contribution is 2.17. The monoisotopic (exact) mass is 253 g/mol. The molecule has 0 radical (unpaired) electrons. The topological polar surface area (TPSA) is 55.4 Å². The van der Waals surface area contributed by atoms with Crippen molar-refractivity contribution >= 4 is 19.6 Å². The van der Waals surface area contributed by atoms with E-state index in [2.05, 4.69) is 9.29 Å². The number of hydrogen-bond donors (Lipinski definition) is 1. The van der Waals surface area contributed by atoms with Gasteiger partial charge in [0.25, 0.3) is 10.1 Å². The van der Waals surface area contributed by atoms with Gasteiger partial charge < -0.3 is 5.32 Å². The van der Waals surface area contributed by atoms with Gasteiger partial charge in [-0.3, -0.25) is 3.97 Å². The Morgan fingerprint density at radius 3 is 2.53 bits per heavy atom. The third-order valence-corrected chi connectivity index (χ3v) is 4.72. The van der Waals surface area contributed by atoms with Crippen LogP contribution >= 0.6 is 9.47 Å². The van der Waals surface area contributed by atoms with E-state index in [0.29, 0.717) is 12.5 Å². The second kappa shape index (κ2) is 6.79. The molecule has 0 aromatic heterocycles. The fraction of sp³-hybridized carbons (Fsp3) is 1.00. The van der Waals surface area contributed by atoms with Crippen molar-refractivity contribution in [2.24, 2.45) is 0 Å². The molecule has 15 heavy (non-hydrogen) atoms. The average Bonchev–Trinajstić information content (AvgIpc) is 2.26. The molecule has 1 atom stereocenters. The minimum absolute atomic E-state index is 0.0935. The van der Waals surface area contributed by atoms with Crippen LogP contribution in [0, 0.1) is 0 Å². The lowest BCUT2D eigenvalue weighted by molar-refractivity contribution is 0.374. The second-order valence-corrected chi connectivity index (χ2v) is 6.29. The number of hydrogen-bond acceptors (Lipinski definition) is 4. The summed E-state index contributed by atoms with van der Waals surface area (Å²) in [6, 6.07) is 0.596. The Labute approximate surface area is 94.6 Å². The summed E-state index contributed by atoms with van der Waals surface area (Å²) in [6.07, 6.45) is 7.01. The molecule has 0 spiro atoms.